The minimum absolute atomic E-state index is 0.145. The zero-order chi connectivity index (χ0) is 10.3. The molecule has 2 heteroatoms. The van der Waals surface area contributed by atoms with Crippen LogP contribution in [-0.2, 0) is 5.41 Å². The average molecular weight is 188 g/mol. The Bertz CT molecular complexity index is 428. The van der Waals surface area contributed by atoms with Crippen molar-refractivity contribution in [2.45, 2.75) is 19.3 Å². The Morgan fingerprint density at radius 1 is 1.21 bits per heavy atom. The summed E-state index contributed by atoms with van der Waals surface area (Å²) in [5.74, 6) is -0.423. The van der Waals surface area contributed by atoms with Gasteiger partial charge in [-0.2, -0.15) is 0 Å². The van der Waals surface area contributed by atoms with Crippen LogP contribution >= 0.6 is 0 Å². The molecule has 0 amide bonds. The van der Waals surface area contributed by atoms with E-state index >= 15 is 0 Å². The van der Waals surface area contributed by atoms with Crippen molar-refractivity contribution in [2.75, 3.05) is 0 Å². The fraction of sp³-hybridized carbons (Fsp3) is 0.250. The standard InChI is InChI=1S/C12H12O2/c1-12(2)7-10(13)11(14)8-5-3-4-6-9(8)12/h3-7,13H,1-2H3. The first-order valence-corrected chi connectivity index (χ1v) is 4.58. The van der Waals surface area contributed by atoms with E-state index in [-0.39, 0.29) is 17.0 Å². The molecule has 1 aliphatic rings. The van der Waals surface area contributed by atoms with Crippen LogP contribution in [0.2, 0.25) is 0 Å². The molecule has 1 aromatic rings. The summed E-state index contributed by atoms with van der Waals surface area (Å²) in [4.78, 5) is 11.6. The summed E-state index contributed by atoms with van der Waals surface area (Å²) in [6.45, 7) is 3.96. The Labute approximate surface area is 82.9 Å². The van der Waals surface area contributed by atoms with Crippen molar-refractivity contribution in [1.82, 2.24) is 0 Å². The van der Waals surface area contributed by atoms with E-state index in [9.17, 15) is 9.90 Å². The Morgan fingerprint density at radius 3 is 2.57 bits per heavy atom. The van der Waals surface area contributed by atoms with Gasteiger partial charge in [0.25, 0.3) is 0 Å². The van der Waals surface area contributed by atoms with Crippen molar-refractivity contribution in [2.24, 2.45) is 0 Å². The number of allylic oxidation sites excluding steroid dienone is 2. The molecule has 1 aliphatic carbocycles. The van der Waals surface area contributed by atoms with Gasteiger partial charge in [0.2, 0.25) is 5.78 Å². The second kappa shape index (κ2) is 2.71. The second-order valence-corrected chi connectivity index (χ2v) is 4.13. The smallest absolute Gasteiger partial charge is 0.227 e. The molecule has 0 fully saturated rings. The van der Waals surface area contributed by atoms with Crippen LogP contribution in [0.25, 0.3) is 0 Å². The molecule has 0 atom stereocenters. The number of benzene rings is 1. The van der Waals surface area contributed by atoms with Gasteiger partial charge in [0.05, 0.1) is 0 Å². The highest BCUT2D eigenvalue weighted by Crippen LogP contribution is 2.33. The van der Waals surface area contributed by atoms with Crippen molar-refractivity contribution in [3.05, 3.63) is 47.2 Å². The normalized spacial score (nSPS) is 18.7. The molecule has 72 valence electrons. The Hall–Kier alpha value is -1.57. The minimum atomic E-state index is -0.278. The molecular formula is C12H12O2. The van der Waals surface area contributed by atoms with Crippen LogP contribution in [0, 0.1) is 0 Å². The largest absolute Gasteiger partial charge is 0.504 e. The molecule has 0 aromatic heterocycles. The molecule has 14 heavy (non-hydrogen) atoms. The molecule has 0 bridgehead atoms. The number of hydrogen-bond acceptors (Lipinski definition) is 2. The Kier molecular flexibility index (Phi) is 1.74. The van der Waals surface area contributed by atoms with Gasteiger partial charge < -0.3 is 5.11 Å². The lowest BCUT2D eigenvalue weighted by Crippen LogP contribution is -2.25. The third kappa shape index (κ3) is 1.15. The fourth-order valence-corrected chi connectivity index (χ4v) is 1.87. The molecule has 0 aliphatic heterocycles. The summed E-state index contributed by atoms with van der Waals surface area (Å²) < 4.78 is 0. The number of hydrogen-bond donors (Lipinski definition) is 1. The van der Waals surface area contributed by atoms with E-state index < -0.39 is 0 Å². The second-order valence-electron chi connectivity index (χ2n) is 4.13. The first-order chi connectivity index (χ1) is 6.52. The van der Waals surface area contributed by atoms with Gasteiger partial charge in [-0.15, -0.1) is 0 Å². The molecule has 2 nitrogen and oxygen atoms in total. The van der Waals surface area contributed by atoms with E-state index in [1.165, 1.54) is 0 Å². The molecule has 1 N–H and O–H groups in total. The maximum Gasteiger partial charge on any atom is 0.227 e. The number of fused-ring (bicyclic) bond motifs is 1. The van der Waals surface area contributed by atoms with Gasteiger partial charge in [0.15, 0.2) is 5.76 Å². The predicted molar refractivity (Wildman–Crippen MR) is 54.5 cm³/mol. The Morgan fingerprint density at radius 2 is 1.86 bits per heavy atom. The molecule has 1 aromatic carbocycles. The van der Waals surface area contributed by atoms with E-state index in [4.69, 9.17) is 0 Å². The number of carbonyl (C=O) groups excluding carboxylic acids is 1. The van der Waals surface area contributed by atoms with Crippen molar-refractivity contribution < 1.29 is 9.90 Å². The number of Topliss-reactive ketones (excluding diaryl/α,β-unsaturated/α-hetero) is 1. The average Bonchev–Trinajstić information content (AvgIpc) is 2.14. The van der Waals surface area contributed by atoms with E-state index in [2.05, 4.69) is 0 Å². The first kappa shape index (κ1) is 9.00. The molecule has 0 spiro atoms. The van der Waals surface area contributed by atoms with Gasteiger partial charge >= 0.3 is 0 Å². The minimum Gasteiger partial charge on any atom is -0.504 e. The molecule has 0 heterocycles. The molecule has 0 radical (unpaired) electrons. The van der Waals surface area contributed by atoms with Crippen LogP contribution in [0.15, 0.2) is 36.1 Å². The number of carbonyl (C=O) groups is 1. The lowest BCUT2D eigenvalue weighted by atomic mass is 9.76. The highest BCUT2D eigenvalue weighted by atomic mass is 16.3. The SMILES string of the molecule is CC1(C)C=C(O)C(=O)c2ccccc21. The van der Waals surface area contributed by atoms with Crippen LogP contribution in [0.5, 0.6) is 0 Å². The quantitative estimate of drug-likeness (QED) is 0.679. The van der Waals surface area contributed by atoms with Crippen LogP contribution in [0.3, 0.4) is 0 Å². The van der Waals surface area contributed by atoms with Gasteiger partial charge in [-0.1, -0.05) is 38.1 Å². The summed E-state index contributed by atoms with van der Waals surface area (Å²) in [6, 6.07) is 7.40. The van der Waals surface area contributed by atoms with Crippen molar-refractivity contribution >= 4 is 5.78 Å². The predicted octanol–water partition coefficient (Wildman–Crippen LogP) is 2.60. The molecule has 0 saturated carbocycles. The monoisotopic (exact) mass is 188 g/mol. The third-order valence-electron chi connectivity index (χ3n) is 2.60. The maximum absolute atomic E-state index is 11.6. The molecular weight excluding hydrogens is 176 g/mol. The lowest BCUT2D eigenvalue weighted by Gasteiger charge is -2.27. The zero-order valence-corrected chi connectivity index (χ0v) is 8.24. The van der Waals surface area contributed by atoms with Crippen LogP contribution < -0.4 is 0 Å². The van der Waals surface area contributed by atoms with Crippen molar-refractivity contribution in [1.29, 1.82) is 0 Å². The number of aliphatic hydroxyl groups excluding tert-OH is 1. The van der Waals surface area contributed by atoms with Gasteiger partial charge in [-0.05, 0) is 11.6 Å². The van der Waals surface area contributed by atoms with Crippen LogP contribution in [0.1, 0.15) is 29.8 Å². The van der Waals surface area contributed by atoms with Crippen molar-refractivity contribution in [3.8, 4) is 0 Å². The zero-order valence-electron chi connectivity index (χ0n) is 8.24. The molecule has 0 unspecified atom stereocenters. The highest BCUT2D eigenvalue weighted by Gasteiger charge is 2.31. The van der Waals surface area contributed by atoms with Gasteiger partial charge in [0.1, 0.15) is 0 Å². The van der Waals surface area contributed by atoms with E-state index in [1.807, 2.05) is 32.0 Å². The van der Waals surface area contributed by atoms with E-state index in [0.29, 0.717) is 5.56 Å². The topological polar surface area (TPSA) is 37.3 Å². The van der Waals surface area contributed by atoms with Crippen LogP contribution in [0.4, 0.5) is 0 Å². The number of ketones is 1. The van der Waals surface area contributed by atoms with Crippen molar-refractivity contribution in [3.63, 3.8) is 0 Å². The summed E-state index contributed by atoms with van der Waals surface area (Å²) in [5, 5.41) is 9.47. The van der Waals surface area contributed by atoms with E-state index in [0.717, 1.165) is 5.56 Å². The lowest BCUT2D eigenvalue weighted by molar-refractivity contribution is 0.0968. The van der Waals surface area contributed by atoms with Crippen LogP contribution in [-0.4, -0.2) is 10.9 Å². The van der Waals surface area contributed by atoms with Gasteiger partial charge in [-0.25, -0.2) is 0 Å². The van der Waals surface area contributed by atoms with E-state index in [1.54, 1.807) is 12.1 Å². The van der Waals surface area contributed by atoms with Gasteiger partial charge in [-0.3, -0.25) is 4.79 Å². The van der Waals surface area contributed by atoms with Gasteiger partial charge in [0, 0.05) is 11.0 Å². The summed E-state index contributed by atoms with van der Waals surface area (Å²) in [5.41, 5.74) is 1.31. The first-order valence-electron chi connectivity index (χ1n) is 4.58. The number of rotatable bonds is 0. The summed E-state index contributed by atoms with van der Waals surface area (Å²) in [7, 11) is 0. The number of aliphatic hydroxyl groups is 1. The maximum atomic E-state index is 11.6. The summed E-state index contributed by atoms with van der Waals surface area (Å²) in [6.07, 6.45) is 1.61. The molecule has 2 rings (SSSR count). The Balaban J connectivity index is 2.71. The summed E-state index contributed by atoms with van der Waals surface area (Å²) >= 11 is 0. The third-order valence-corrected chi connectivity index (χ3v) is 2.60. The highest BCUT2D eigenvalue weighted by molar-refractivity contribution is 6.09. The molecule has 0 saturated heterocycles. The fourth-order valence-electron chi connectivity index (χ4n) is 1.87.